The van der Waals surface area contributed by atoms with Crippen LogP contribution >= 0.6 is 23.2 Å². The predicted molar refractivity (Wildman–Crippen MR) is 137 cm³/mol. The van der Waals surface area contributed by atoms with E-state index in [9.17, 15) is 0 Å². The van der Waals surface area contributed by atoms with Gasteiger partial charge in [0.25, 0.3) is 0 Å². The van der Waals surface area contributed by atoms with Crippen molar-refractivity contribution in [3.63, 3.8) is 0 Å². The lowest BCUT2D eigenvalue weighted by molar-refractivity contribution is -0.697. The van der Waals surface area contributed by atoms with Crippen LogP contribution in [0.2, 0.25) is 10.0 Å². The Balaban J connectivity index is 0.00000385. The zero-order chi connectivity index (χ0) is 22.6. The molecule has 180 valence electrons. The molecule has 0 N–H and O–H groups in total. The lowest BCUT2D eigenvalue weighted by Gasteiger charge is -2.15. The Morgan fingerprint density at radius 1 is 0.697 bits per heavy atom. The van der Waals surface area contributed by atoms with Crippen LogP contribution in [0.3, 0.4) is 0 Å². The van der Waals surface area contributed by atoms with Crippen molar-refractivity contribution in [2.45, 2.75) is 83.7 Å². The van der Waals surface area contributed by atoms with Gasteiger partial charge < -0.3 is 17.0 Å². The van der Waals surface area contributed by atoms with Crippen LogP contribution in [-0.2, 0) is 6.54 Å². The number of halogens is 3. The molecule has 1 heterocycles. The summed E-state index contributed by atoms with van der Waals surface area (Å²) < 4.78 is 4.59. The quantitative estimate of drug-likeness (QED) is 0.181. The number of benzene rings is 2. The number of rotatable bonds is 14. The highest BCUT2D eigenvalue weighted by molar-refractivity contribution is 6.30. The van der Waals surface area contributed by atoms with Crippen LogP contribution in [0.5, 0.6) is 0 Å². The van der Waals surface area contributed by atoms with Gasteiger partial charge in [-0.3, -0.25) is 0 Å². The maximum absolute atomic E-state index is 6.14. The van der Waals surface area contributed by atoms with E-state index in [2.05, 4.69) is 59.0 Å². The van der Waals surface area contributed by atoms with E-state index in [-0.39, 0.29) is 23.0 Å². The van der Waals surface area contributed by atoms with E-state index in [1.54, 1.807) is 0 Å². The summed E-state index contributed by atoms with van der Waals surface area (Å²) >= 11 is 12.3. The molecule has 0 fully saturated rings. The van der Waals surface area contributed by atoms with Crippen LogP contribution in [0.4, 0.5) is 0 Å². The number of nitrogens with zero attached hydrogens (tertiary/aromatic N) is 2. The fourth-order valence-corrected chi connectivity index (χ4v) is 4.56. The summed E-state index contributed by atoms with van der Waals surface area (Å²) in [6.07, 6.45) is 20.2. The van der Waals surface area contributed by atoms with E-state index in [1.807, 2.05) is 24.3 Å². The van der Waals surface area contributed by atoms with Gasteiger partial charge in [-0.05, 0) is 37.1 Å². The van der Waals surface area contributed by atoms with Crippen LogP contribution in [0.15, 0.2) is 67.3 Å². The van der Waals surface area contributed by atoms with Crippen molar-refractivity contribution in [3.05, 3.63) is 88.4 Å². The fourth-order valence-electron chi connectivity index (χ4n) is 4.30. The average molecular weight is 552 g/mol. The van der Waals surface area contributed by atoms with Crippen molar-refractivity contribution in [2.75, 3.05) is 0 Å². The van der Waals surface area contributed by atoms with Gasteiger partial charge in [-0.15, -0.1) is 0 Å². The molecule has 3 aromatic rings. The molecule has 0 radical (unpaired) electrons. The molecule has 0 aliphatic rings. The fraction of sp³-hybridized carbons (Fsp3) is 0.464. The number of imidazole rings is 1. The van der Waals surface area contributed by atoms with Crippen LogP contribution in [0.25, 0.3) is 0 Å². The average Bonchev–Trinajstić information content (AvgIpc) is 3.26. The summed E-state index contributed by atoms with van der Waals surface area (Å²) in [4.78, 5) is 0. The van der Waals surface area contributed by atoms with Crippen LogP contribution < -0.4 is 21.5 Å². The number of hydrogen-bond acceptors (Lipinski definition) is 0. The summed E-state index contributed by atoms with van der Waals surface area (Å²) in [6.45, 7) is 3.35. The zero-order valence-electron chi connectivity index (χ0n) is 19.7. The van der Waals surface area contributed by atoms with Crippen LogP contribution in [0.1, 0.15) is 88.3 Å². The highest BCUT2D eigenvalue weighted by atomic mass is 79.9. The van der Waals surface area contributed by atoms with Gasteiger partial charge in [-0.1, -0.05) is 106 Å². The Labute approximate surface area is 220 Å². The first-order valence-corrected chi connectivity index (χ1v) is 13.0. The Morgan fingerprint density at radius 2 is 1.15 bits per heavy atom. The third-order valence-electron chi connectivity index (χ3n) is 6.15. The number of hydrogen-bond donors (Lipinski definition) is 0. The van der Waals surface area contributed by atoms with Crippen molar-refractivity contribution in [2.24, 2.45) is 0 Å². The van der Waals surface area contributed by atoms with Gasteiger partial charge in [-0.25, -0.2) is 9.13 Å². The molecule has 0 aliphatic carbocycles. The summed E-state index contributed by atoms with van der Waals surface area (Å²) in [6, 6.07) is 16.4. The molecule has 0 aliphatic heterocycles. The molecule has 0 saturated heterocycles. The van der Waals surface area contributed by atoms with E-state index in [1.165, 1.54) is 75.3 Å². The molecule has 0 amide bonds. The van der Waals surface area contributed by atoms with Crippen molar-refractivity contribution in [3.8, 4) is 0 Å². The first-order chi connectivity index (χ1) is 15.7. The highest BCUT2D eigenvalue weighted by Crippen LogP contribution is 2.28. The van der Waals surface area contributed by atoms with Crippen LogP contribution in [-0.4, -0.2) is 4.57 Å². The van der Waals surface area contributed by atoms with Gasteiger partial charge in [0.15, 0.2) is 6.04 Å². The van der Waals surface area contributed by atoms with Crippen molar-refractivity contribution >= 4 is 23.2 Å². The molecule has 0 saturated carbocycles. The third kappa shape index (κ3) is 9.47. The SMILES string of the molecule is CCCCCCCCCCCC[n+]1ccn(C(c2ccc(Cl)cc2)c2ccc(Cl)cc2)c1.[Br-]. The Bertz CT molecular complexity index is 861. The van der Waals surface area contributed by atoms with Gasteiger partial charge in [0.2, 0.25) is 6.33 Å². The highest BCUT2D eigenvalue weighted by Gasteiger charge is 2.21. The second kappa shape index (κ2) is 15.6. The van der Waals surface area contributed by atoms with E-state index < -0.39 is 0 Å². The summed E-state index contributed by atoms with van der Waals surface area (Å²) in [5, 5.41) is 1.51. The lowest BCUT2D eigenvalue weighted by Crippen LogP contribution is -3.00. The van der Waals surface area contributed by atoms with Gasteiger partial charge in [-0.2, -0.15) is 0 Å². The zero-order valence-corrected chi connectivity index (χ0v) is 22.8. The maximum atomic E-state index is 6.14. The van der Waals surface area contributed by atoms with E-state index in [0.717, 1.165) is 16.6 Å². The molecular weight excluding hydrogens is 515 g/mol. The minimum atomic E-state index is 0. The Morgan fingerprint density at radius 3 is 1.64 bits per heavy atom. The van der Waals surface area contributed by atoms with E-state index in [0.29, 0.717) is 0 Å². The largest absolute Gasteiger partial charge is 1.00 e. The Kier molecular flexibility index (Phi) is 13.2. The molecule has 0 atom stereocenters. The Hall–Kier alpha value is -1.29. The number of aryl methyl sites for hydroxylation is 1. The number of aromatic nitrogens is 2. The summed E-state index contributed by atoms with van der Waals surface area (Å²) in [5.41, 5.74) is 2.41. The third-order valence-corrected chi connectivity index (χ3v) is 6.66. The number of unbranched alkanes of at least 4 members (excludes halogenated alkanes) is 9. The molecule has 2 nitrogen and oxygen atoms in total. The normalized spacial score (nSPS) is 11.0. The minimum absolute atomic E-state index is 0. The molecule has 0 spiro atoms. The van der Waals surface area contributed by atoms with Gasteiger partial charge in [0.05, 0.1) is 6.54 Å². The molecule has 33 heavy (non-hydrogen) atoms. The summed E-state index contributed by atoms with van der Waals surface area (Å²) in [5.74, 6) is 0. The molecular formula is C28H37BrCl2N2. The summed E-state index contributed by atoms with van der Waals surface area (Å²) in [7, 11) is 0. The maximum Gasteiger partial charge on any atom is 0.244 e. The molecule has 3 rings (SSSR count). The standard InChI is InChI=1S/C28H37Cl2N2.BrH/c1-2-3-4-5-6-7-8-9-10-11-20-31-21-22-32(23-31)28(24-12-16-26(29)17-13-24)25-14-18-27(30)19-15-25;/h12-19,21-23,28H,2-11,20H2,1H3;1H/q+1;/p-1. The predicted octanol–water partition coefficient (Wildman–Crippen LogP) is 5.65. The van der Waals surface area contributed by atoms with E-state index >= 15 is 0 Å². The second-order valence-corrected chi connectivity index (χ2v) is 9.66. The van der Waals surface area contributed by atoms with Crippen molar-refractivity contribution < 1.29 is 21.5 Å². The smallest absolute Gasteiger partial charge is 0.244 e. The first kappa shape index (κ1) is 28.0. The van der Waals surface area contributed by atoms with Crippen LogP contribution in [0, 0.1) is 0 Å². The minimum Gasteiger partial charge on any atom is -1.00 e. The lowest BCUT2D eigenvalue weighted by atomic mass is 9.98. The van der Waals surface area contributed by atoms with Gasteiger partial charge in [0, 0.05) is 21.2 Å². The molecule has 0 bridgehead atoms. The van der Waals surface area contributed by atoms with E-state index in [4.69, 9.17) is 23.2 Å². The van der Waals surface area contributed by atoms with Crippen molar-refractivity contribution in [1.29, 1.82) is 0 Å². The monoisotopic (exact) mass is 550 g/mol. The second-order valence-electron chi connectivity index (χ2n) is 8.79. The van der Waals surface area contributed by atoms with Gasteiger partial charge in [0.1, 0.15) is 12.4 Å². The molecule has 0 unspecified atom stereocenters. The molecule has 1 aromatic heterocycles. The molecule has 5 heteroatoms. The molecule has 2 aromatic carbocycles. The van der Waals surface area contributed by atoms with Gasteiger partial charge >= 0.3 is 0 Å². The topological polar surface area (TPSA) is 8.81 Å². The van der Waals surface area contributed by atoms with Crippen molar-refractivity contribution in [1.82, 2.24) is 4.57 Å². The first-order valence-electron chi connectivity index (χ1n) is 12.2.